The quantitative estimate of drug-likeness (QED) is 0.332. The molecule has 0 radical (unpaired) electrons. The van der Waals surface area contributed by atoms with Crippen LogP contribution in [-0.4, -0.2) is 47.5 Å². The predicted molar refractivity (Wildman–Crippen MR) is 60.2 cm³/mol. The minimum atomic E-state index is -8.35. The lowest BCUT2D eigenvalue weighted by Crippen LogP contribution is -2.72. The molecule has 0 bridgehead atoms. The van der Waals surface area contributed by atoms with Crippen molar-refractivity contribution in [3.8, 4) is 0 Å². The summed E-state index contributed by atoms with van der Waals surface area (Å²) in [7, 11) is 0. The zero-order valence-corrected chi connectivity index (χ0v) is 13.0. The largest absolute Gasteiger partial charge is 0.460 e. The van der Waals surface area contributed by atoms with E-state index in [0.29, 0.717) is 6.92 Å². The minimum absolute atomic E-state index is 0.571. The Bertz CT molecular complexity index is 627. The molecule has 0 unspecified atom stereocenters. The van der Waals surface area contributed by atoms with Crippen LogP contribution in [0.4, 0.5) is 65.9 Å². The van der Waals surface area contributed by atoms with Crippen molar-refractivity contribution in [2.45, 2.75) is 55.1 Å². The van der Waals surface area contributed by atoms with Crippen LogP contribution in [0.2, 0.25) is 0 Å². The van der Waals surface area contributed by atoms with Crippen LogP contribution < -0.4 is 0 Å². The molecule has 0 fully saturated rings. The van der Waals surface area contributed by atoms with Crippen LogP contribution in [0.15, 0.2) is 12.2 Å². The number of ketones is 1. The van der Waals surface area contributed by atoms with Crippen LogP contribution >= 0.6 is 0 Å². The van der Waals surface area contributed by atoms with E-state index in [1.807, 2.05) is 0 Å². The first-order valence-electron chi connectivity index (χ1n) is 6.35. The highest BCUT2D eigenvalue weighted by Gasteiger charge is 2.93. The SMILES string of the molecule is C=C(C)C(=O)CC(F)(F)C(F)(F)C(F)(F)C(F)(F)C(F)(F)C(F)(F)C(F)(F)F. The van der Waals surface area contributed by atoms with E-state index in [4.69, 9.17) is 0 Å². The maximum Gasteiger partial charge on any atom is 0.460 e. The van der Waals surface area contributed by atoms with E-state index in [2.05, 4.69) is 6.58 Å². The van der Waals surface area contributed by atoms with Crippen molar-refractivity contribution in [1.82, 2.24) is 0 Å². The van der Waals surface area contributed by atoms with E-state index >= 15 is 0 Å². The van der Waals surface area contributed by atoms with E-state index < -0.39 is 59.5 Å². The summed E-state index contributed by atoms with van der Waals surface area (Å²) in [6.45, 7) is 3.19. The Morgan fingerprint density at radius 3 is 1.18 bits per heavy atom. The van der Waals surface area contributed by atoms with Crippen LogP contribution in [-0.2, 0) is 4.79 Å². The van der Waals surface area contributed by atoms with E-state index in [0.717, 1.165) is 0 Å². The molecule has 0 spiro atoms. The van der Waals surface area contributed by atoms with Gasteiger partial charge < -0.3 is 0 Å². The summed E-state index contributed by atoms with van der Waals surface area (Å²) in [6.07, 6.45) is -10.7. The molecular formula is C12H7F15O. The van der Waals surface area contributed by atoms with Gasteiger partial charge in [-0.15, -0.1) is 0 Å². The first-order chi connectivity index (χ1) is 11.8. The Labute approximate surface area is 145 Å². The number of hydrogen-bond acceptors (Lipinski definition) is 1. The Morgan fingerprint density at radius 2 is 0.893 bits per heavy atom. The third-order valence-corrected chi connectivity index (χ3v) is 3.25. The predicted octanol–water partition coefficient (Wildman–Crippen LogP) is 5.90. The van der Waals surface area contributed by atoms with E-state index in [1.54, 1.807) is 0 Å². The number of halogens is 15. The summed E-state index contributed by atoms with van der Waals surface area (Å²) < 4.78 is 192. The topological polar surface area (TPSA) is 17.1 Å². The fourth-order valence-electron chi connectivity index (χ4n) is 1.46. The molecule has 0 N–H and O–H groups in total. The van der Waals surface area contributed by atoms with Gasteiger partial charge in [0.1, 0.15) is 0 Å². The molecule has 0 amide bonds. The lowest BCUT2D eigenvalue weighted by molar-refractivity contribution is -0.452. The number of allylic oxidation sites excluding steroid dienone is 1. The molecule has 0 aliphatic rings. The van der Waals surface area contributed by atoms with Crippen LogP contribution in [0, 0.1) is 0 Å². The maximum absolute atomic E-state index is 13.3. The molecule has 0 aliphatic carbocycles. The van der Waals surface area contributed by atoms with E-state index in [-0.39, 0.29) is 0 Å². The molecule has 0 saturated carbocycles. The molecule has 0 heterocycles. The summed E-state index contributed by atoms with van der Waals surface area (Å²) >= 11 is 0. The number of alkyl halides is 15. The minimum Gasteiger partial charge on any atom is -0.294 e. The molecule has 0 aromatic heterocycles. The summed E-state index contributed by atoms with van der Waals surface area (Å²) in [4.78, 5) is 10.9. The molecule has 0 rings (SSSR count). The van der Waals surface area contributed by atoms with Gasteiger partial charge in [-0.05, 0) is 12.5 Å². The van der Waals surface area contributed by atoms with E-state index in [1.165, 1.54) is 0 Å². The third-order valence-electron chi connectivity index (χ3n) is 3.25. The third kappa shape index (κ3) is 3.53. The van der Waals surface area contributed by atoms with Gasteiger partial charge >= 0.3 is 41.7 Å². The highest BCUT2D eigenvalue weighted by Crippen LogP contribution is 2.62. The Kier molecular flexibility index (Phi) is 6.32. The summed E-state index contributed by atoms with van der Waals surface area (Å²) in [5.74, 6) is -49.2. The van der Waals surface area contributed by atoms with Crippen molar-refractivity contribution >= 4 is 5.78 Å². The second kappa shape index (κ2) is 6.71. The Morgan fingerprint density at radius 1 is 0.607 bits per heavy atom. The lowest BCUT2D eigenvalue weighted by atomic mass is 9.89. The maximum atomic E-state index is 13.3. The second-order valence-corrected chi connectivity index (χ2v) is 5.45. The van der Waals surface area contributed by atoms with Gasteiger partial charge in [0, 0.05) is 0 Å². The first kappa shape index (κ1) is 26.4. The standard InChI is InChI=1S/C12H7F15O/c1-4(2)5(28)3-6(13,14)7(15,16)8(17,18)9(19,20)10(21,22)11(23,24)12(25,26)27/h1,3H2,2H3. The lowest BCUT2D eigenvalue weighted by Gasteiger charge is -2.41. The zero-order valence-electron chi connectivity index (χ0n) is 13.0. The van der Waals surface area contributed by atoms with Gasteiger partial charge in [-0.25, -0.2) is 0 Å². The van der Waals surface area contributed by atoms with Crippen LogP contribution in [0.3, 0.4) is 0 Å². The van der Waals surface area contributed by atoms with Gasteiger partial charge in [0.15, 0.2) is 5.78 Å². The first-order valence-corrected chi connectivity index (χ1v) is 6.35. The molecule has 166 valence electrons. The van der Waals surface area contributed by atoms with Crippen LogP contribution in [0.1, 0.15) is 13.3 Å². The van der Waals surface area contributed by atoms with Gasteiger partial charge in [0.2, 0.25) is 0 Å². The fraction of sp³-hybridized carbons (Fsp3) is 0.750. The molecule has 16 heteroatoms. The monoisotopic (exact) mass is 452 g/mol. The van der Waals surface area contributed by atoms with E-state index in [9.17, 15) is 70.7 Å². The van der Waals surface area contributed by atoms with Crippen LogP contribution in [0.5, 0.6) is 0 Å². The number of Topliss-reactive ketones (excluding diaryl/α,β-unsaturated/α-hetero) is 1. The number of carbonyl (C=O) groups excluding carboxylic acids is 1. The highest BCUT2D eigenvalue weighted by atomic mass is 19.4. The number of carbonyl (C=O) groups is 1. The molecular weight excluding hydrogens is 445 g/mol. The average Bonchev–Trinajstić information content (AvgIpc) is 2.44. The summed E-state index contributed by atoms with van der Waals surface area (Å²) in [6, 6.07) is 0. The molecule has 0 aliphatic heterocycles. The number of rotatable bonds is 8. The van der Waals surface area contributed by atoms with Gasteiger partial charge in [-0.3, -0.25) is 4.79 Å². The summed E-state index contributed by atoms with van der Waals surface area (Å²) in [5.41, 5.74) is -1.00. The van der Waals surface area contributed by atoms with Gasteiger partial charge in [0.05, 0.1) is 6.42 Å². The zero-order chi connectivity index (χ0) is 23.4. The molecule has 1 nitrogen and oxygen atoms in total. The average molecular weight is 452 g/mol. The van der Waals surface area contributed by atoms with Crippen LogP contribution in [0.25, 0.3) is 0 Å². The van der Waals surface area contributed by atoms with Gasteiger partial charge in [-0.2, -0.15) is 65.9 Å². The highest BCUT2D eigenvalue weighted by molar-refractivity contribution is 5.94. The Balaban J connectivity index is 6.47. The molecule has 0 aromatic carbocycles. The molecule has 0 atom stereocenters. The number of hydrogen-bond donors (Lipinski definition) is 0. The van der Waals surface area contributed by atoms with Crippen molar-refractivity contribution in [1.29, 1.82) is 0 Å². The smallest absolute Gasteiger partial charge is 0.294 e. The Hall–Kier alpha value is -1.64. The van der Waals surface area contributed by atoms with Crippen molar-refractivity contribution in [2.75, 3.05) is 0 Å². The molecule has 28 heavy (non-hydrogen) atoms. The van der Waals surface area contributed by atoms with Crippen molar-refractivity contribution in [2.24, 2.45) is 0 Å². The van der Waals surface area contributed by atoms with Crippen molar-refractivity contribution in [3.05, 3.63) is 12.2 Å². The molecule has 0 aromatic rings. The second-order valence-electron chi connectivity index (χ2n) is 5.45. The van der Waals surface area contributed by atoms with Gasteiger partial charge in [0.25, 0.3) is 0 Å². The normalized spacial score (nSPS) is 15.6. The summed E-state index contributed by atoms with van der Waals surface area (Å²) in [5, 5.41) is 0. The fourth-order valence-corrected chi connectivity index (χ4v) is 1.46. The van der Waals surface area contributed by atoms with Crippen molar-refractivity contribution < 1.29 is 70.7 Å². The van der Waals surface area contributed by atoms with Gasteiger partial charge in [-0.1, -0.05) is 6.58 Å². The van der Waals surface area contributed by atoms with Crippen molar-refractivity contribution in [3.63, 3.8) is 0 Å². The molecule has 0 saturated heterocycles.